The van der Waals surface area contributed by atoms with Gasteiger partial charge in [-0.1, -0.05) is 42.5 Å². The molecule has 1 N–H and O–H groups in total. The van der Waals surface area contributed by atoms with E-state index in [2.05, 4.69) is 0 Å². The zero-order chi connectivity index (χ0) is 25.2. The van der Waals surface area contributed by atoms with Crippen LogP contribution < -0.4 is 18.9 Å². The number of carbonyl (C=O) groups is 2. The Labute approximate surface area is 204 Å². The predicted octanol–water partition coefficient (Wildman–Crippen LogP) is 5.26. The van der Waals surface area contributed by atoms with Crippen molar-refractivity contribution in [2.24, 2.45) is 0 Å². The fourth-order valence-corrected chi connectivity index (χ4v) is 3.29. The monoisotopic (exact) mass is 476 g/mol. The van der Waals surface area contributed by atoms with Gasteiger partial charge in [0, 0.05) is 37.1 Å². The van der Waals surface area contributed by atoms with Crippen LogP contribution in [0.2, 0.25) is 0 Å². The Balaban J connectivity index is 1.80. The molecule has 0 fully saturated rings. The molecule has 0 amide bonds. The van der Waals surface area contributed by atoms with Crippen molar-refractivity contribution >= 4 is 18.0 Å². The summed E-state index contributed by atoms with van der Waals surface area (Å²) in [5, 5.41) is 10.8. The molecule has 0 heterocycles. The number of benzene rings is 3. The van der Waals surface area contributed by atoms with E-state index in [1.54, 1.807) is 42.5 Å². The number of rotatable bonds is 10. The van der Waals surface area contributed by atoms with Gasteiger partial charge < -0.3 is 24.1 Å². The van der Waals surface area contributed by atoms with Gasteiger partial charge >= 0.3 is 11.9 Å². The van der Waals surface area contributed by atoms with E-state index in [0.717, 1.165) is 5.56 Å². The third kappa shape index (κ3) is 7.72. The highest BCUT2D eigenvalue weighted by molar-refractivity contribution is 5.74. The van der Waals surface area contributed by atoms with E-state index in [0.29, 0.717) is 35.8 Å². The SMILES string of the molecule is CCOc1cc(OCc2ccccc2)ccc1C(O)C=Cc1ccc(OC(C)=O)cc1OC(C)=O. The second-order valence-electron chi connectivity index (χ2n) is 7.60. The van der Waals surface area contributed by atoms with Crippen LogP contribution in [0, 0.1) is 0 Å². The van der Waals surface area contributed by atoms with Crippen molar-refractivity contribution in [2.45, 2.75) is 33.5 Å². The van der Waals surface area contributed by atoms with Crippen molar-refractivity contribution in [2.75, 3.05) is 6.61 Å². The molecule has 0 spiro atoms. The van der Waals surface area contributed by atoms with Gasteiger partial charge in [0.2, 0.25) is 0 Å². The average molecular weight is 477 g/mol. The number of hydrogen-bond acceptors (Lipinski definition) is 7. The van der Waals surface area contributed by atoms with E-state index in [1.165, 1.54) is 19.9 Å². The first kappa shape index (κ1) is 25.5. The molecular formula is C28H28O7. The summed E-state index contributed by atoms with van der Waals surface area (Å²) in [5.74, 6) is 0.559. The van der Waals surface area contributed by atoms with Gasteiger partial charge in [-0.05, 0) is 36.8 Å². The normalized spacial score (nSPS) is 11.7. The van der Waals surface area contributed by atoms with Crippen LogP contribution in [-0.2, 0) is 16.2 Å². The van der Waals surface area contributed by atoms with Crippen LogP contribution in [0.3, 0.4) is 0 Å². The predicted molar refractivity (Wildman–Crippen MR) is 131 cm³/mol. The van der Waals surface area contributed by atoms with Crippen molar-refractivity contribution < 1.29 is 33.6 Å². The van der Waals surface area contributed by atoms with Crippen LogP contribution in [-0.4, -0.2) is 23.7 Å². The topological polar surface area (TPSA) is 91.3 Å². The average Bonchev–Trinajstić information content (AvgIpc) is 2.82. The molecule has 7 heteroatoms. The minimum atomic E-state index is -1.00. The van der Waals surface area contributed by atoms with Crippen molar-refractivity contribution in [3.05, 3.63) is 89.5 Å². The van der Waals surface area contributed by atoms with Gasteiger partial charge in [0.05, 0.1) is 6.61 Å². The van der Waals surface area contributed by atoms with Crippen molar-refractivity contribution in [1.29, 1.82) is 0 Å². The standard InChI is InChI=1S/C28H28O7/c1-4-32-28-16-23(33-18-21-8-6-5-7-9-21)13-14-25(28)26(31)15-11-22-10-12-24(34-19(2)29)17-27(22)35-20(3)30/h5-17,26,31H,4,18H2,1-3H3. The van der Waals surface area contributed by atoms with Crippen LogP contribution in [0.25, 0.3) is 6.08 Å². The van der Waals surface area contributed by atoms with Crippen LogP contribution in [0.1, 0.15) is 43.6 Å². The Hall–Kier alpha value is -4.10. The van der Waals surface area contributed by atoms with Crippen LogP contribution in [0.5, 0.6) is 23.0 Å². The zero-order valence-electron chi connectivity index (χ0n) is 19.9. The van der Waals surface area contributed by atoms with Crippen molar-refractivity contribution in [3.8, 4) is 23.0 Å². The lowest BCUT2D eigenvalue weighted by atomic mass is 10.1. The molecule has 1 unspecified atom stereocenters. The minimum absolute atomic E-state index is 0.203. The summed E-state index contributed by atoms with van der Waals surface area (Å²) in [5.41, 5.74) is 2.12. The van der Waals surface area contributed by atoms with Gasteiger partial charge in [-0.3, -0.25) is 9.59 Å². The minimum Gasteiger partial charge on any atom is -0.493 e. The van der Waals surface area contributed by atoms with Gasteiger partial charge in [-0.25, -0.2) is 0 Å². The molecule has 182 valence electrons. The van der Waals surface area contributed by atoms with Crippen LogP contribution in [0.4, 0.5) is 0 Å². The highest BCUT2D eigenvalue weighted by atomic mass is 16.5. The molecule has 0 aromatic heterocycles. The molecule has 3 aromatic rings. The summed E-state index contributed by atoms with van der Waals surface area (Å²) >= 11 is 0. The van der Waals surface area contributed by atoms with Crippen LogP contribution >= 0.6 is 0 Å². The Morgan fingerprint density at radius 1 is 0.857 bits per heavy atom. The van der Waals surface area contributed by atoms with E-state index >= 15 is 0 Å². The lowest BCUT2D eigenvalue weighted by Crippen LogP contribution is -2.05. The maximum atomic E-state index is 11.5. The summed E-state index contributed by atoms with van der Waals surface area (Å²) in [4.78, 5) is 22.7. The maximum Gasteiger partial charge on any atom is 0.308 e. The molecule has 1 atom stereocenters. The number of ether oxygens (including phenoxy) is 4. The molecule has 0 aliphatic carbocycles. The summed E-state index contributed by atoms with van der Waals surface area (Å²) in [6.45, 7) is 5.25. The molecule has 35 heavy (non-hydrogen) atoms. The molecule has 3 aromatic carbocycles. The first-order valence-corrected chi connectivity index (χ1v) is 11.2. The Bertz CT molecular complexity index is 1190. The Morgan fingerprint density at radius 3 is 2.23 bits per heavy atom. The summed E-state index contributed by atoms with van der Waals surface area (Å²) < 4.78 is 21.9. The van der Waals surface area contributed by atoms with Crippen LogP contribution in [0.15, 0.2) is 72.8 Å². The molecule has 0 aliphatic rings. The smallest absolute Gasteiger partial charge is 0.308 e. The molecule has 0 saturated heterocycles. The fraction of sp³-hybridized carbons (Fsp3) is 0.214. The third-order valence-corrected chi connectivity index (χ3v) is 4.81. The Morgan fingerprint density at radius 2 is 1.54 bits per heavy atom. The Kier molecular flexibility index (Phi) is 9.03. The zero-order valence-corrected chi connectivity index (χ0v) is 19.9. The number of aliphatic hydroxyl groups is 1. The van der Waals surface area contributed by atoms with E-state index in [-0.39, 0.29) is 11.5 Å². The van der Waals surface area contributed by atoms with E-state index in [4.69, 9.17) is 18.9 Å². The van der Waals surface area contributed by atoms with Gasteiger partial charge in [-0.15, -0.1) is 0 Å². The summed E-state index contributed by atoms with van der Waals surface area (Å²) in [6.07, 6.45) is 2.17. The number of carbonyl (C=O) groups excluding carboxylic acids is 2. The third-order valence-electron chi connectivity index (χ3n) is 4.81. The number of hydrogen-bond donors (Lipinski definition) is 1. The summed E-state index contributed by atoms with van der Waals surface area (Å²) in [6, 6.07) is 19.7. The fourth-order valence-electron chi connectivity index (χ4n) is 3.29. The van der Waals surface area contributed by atoms with E-state index < -0.39 is 18.0 Å². The van der Waals surface area contributed by atoms with Gasteiger partial charge in [0.25, 0.3) is 0 Å². The molecule has 0 radical (unpaired) electrons. The molecule has 0 aliphatic heterocycles. The quantitative estimate of drug-likeness (QED) is 0.315. The van der Waals surface area contributed by atoms with Gasteiger partial charge in [0.1, 0.15) is 35.7 Å². The lowest BCUT2D eigenvalue weighted by Gasteiger charge is -2.15. The molecule has 0 saturated carbocycles. The second kappa shape index (κ2) is 12.4. The summed E-state index contributed by atoms with van der Waals surface area (Å²) in [7, 11) is 0. The maximum absolute atomic E-state index is 11.5. The molecule has 0 bridgehead atoms. The van der Waals surface area contributed by atoms with Crippen molar-refractivity contribution in [3.63, 3.8) is 0 Å². The lowest BCUT2D eigenvalue weighted by molar-refractivity contribution is -0.132. The first-order chi connectivity index (χ1) is 16.9. The molecule has 3 rings (SSSR count). The van der Waals surface area contributed by atoms with Gasteiger partial charge in [-0.2, -0.15) is 0 Å². The largest absolute Gasteiger partial charge is 0.493 e. The van der Waals surface area contributed by atoms with Crippen molar-refractivity contribution in [1.82, 2.24) is 0 Å². The molecular weight excluding hydrogens is 448 g/mol. The number of aliphatic hydroxyl groups excluding tert-OH is 1. The highest BCUT2D eigenvalue weighted by Gasteiger charge is 2.14. The molecule has 7 nitrogen and oxygen atoms in total. The number of esters is 2. The van der Waals surface area contributed by atoms with Gasteiger partial charge in [0.15, 0.2) is 0 Å². The first-order valence-electron chi connectivity index (χ1n) is 11.2. The highest BCUT2D eigenvalue weighted by Crippen LogP contribution is 2.32. The second-order valence-corrected chi connectivity index (χ2v) is 7.60. The van der Waals surface area contributed by atoms with E-state index in [1.807, 2.05) is 37.3 Å². The van der Waals surface area contributed by atoms with E-state index in [9.17, 15) is 14.7 Å².